The van der Waals surface area contributed by atoms with E-state index < -0.39 is 23.2 Å². The maximum atomic E-state index is 12.2. The van der Waals surface area contributed by atoms with Crippen LogP contribution in [-0.4, -0.2) is 69.7 Å². The first-order chi connectivity index (χ1) is 13.8. The van der Waals surface area contributed by atoms with Crippen LogP contribution in [0.4, 0.5) is 0 Å². The number of ether oxygens (including phenoxy) is 2. The number of benzene rings is 1. The molecule has 0 aromatic heterocycles. The van der Waals surface area contributed by atoms with Crippen molar-refractivity contribution in [2.45, 2.75) is 68.8 Å². The third kappa shape index (κ3) is 2.44. The molecule has 3 fully saturated rings. The van der Waals surface area contributed by atoms with Crippen molar-refractivity contribution in [3.8, 4) is 11.5 Å². The lowest BCUT2D eigenvalue weighted by molar-refractivity contribution is -0.200. The summed E-state index contributed by atoms with van der Waals surface area (Å²) in [6.07, 6.45) is 0.673. The lowest BCUT2D eigenvalue weighted by Gasteiger charge is -2.61. The first kappa shape index (κ1) is 19.2. The number of esters is 1. The molecule has 3 N–H and O–H groups in total. The third-order valence-electron chi connectivity index (χ3n) is 7.93. The monoisotopic (exact) mass is 403 g/mol. The number of hydrogen-bond donors (Lipinski definition) is 3. The fourth-order valence-corrected chi connectivity index (χ4v) is 6.47. The number of fused-ring (bicyclic) bond motifs is 1. The Bertz CT molecular complexity index is 858. The number of phenolic OH excluding ortho intramolecular Hbond substituents is 1. The lowest BCUT2D eigenvalue weighted by atomic mass is 9.52. The molecule has 29 heavy (non-hydrogen) atoms. The molecule has 1 spiro atoms. The Balaban J connectivity index is 1.56. The lowest BCUT2D eigenvalue weighted by Crippen LogP contribution is -2.74. The summed E-state index contributed by atoms with van der Waals surface area (Å²) in [6.45, 7) is 5.86. The van der Waals surface area contributed by atoms with Gasteiger partial charge in [0.05, 0.1) is 30.1 Å². The predicted molar refractivity (Wildman–Crippen MR) is 104 cm³/mol. The largest absolute Gasteiger partial charge is 0.504 e. The number of likely N-dealkylation sites (tertiary alicyclic amines) is 1. The van der Waals surface area contributed by atoms with E-state index in [9.17, 15) is 20.1 Å². The molecule has 7 nitrogen and oxygen atoms in total. The van der Waals surface area contributed by atoms with Crippen LogP contribution in [0, 0.1) is 12.8 Å². The summed E-state index contributed by atoms with van der Waals surface area (Å²) in [7, 11) is 0. The second-order valence-corrected chi connectivity index (χ2v) is 9.32. The molecule has 1 unspecified atom stereocenters. The summed E-state index contributed by atoms with van der Waals surface area (Å²) in [5.41, 5.74) is -0.0683. The zero-order chi connectivity index (χ0) is 20.6. The number of aliphatic hydroxyl groups excluding tert-OH is 1. The summed E-state index contributed by atoms with van der Waals surface area (Å²) in [5.74, 6) is 0.454. The summed E-state index contributed by atoms with van der Waals surface area (Å²) in [4.78, 5) is 13.8. The second-order valence-electron chi connectivity index (χ2n) is 9.32. The van der Waals surface area contributed by atoms with Crippen molar-refractivity contribution >= 4 is 5.97 Å². The second kappa shape index (κ2) is 6.33. The quantitative estimate of drug-likeness (QED) is 0.639. The van der Waals surface area contributed by atoms with Crippen LogP contribution in [0.1, 0.15) is 43.7 Å². The van der Waals surface area contributed by atoms with E-state index in [4.69, 9.17) is 9.47 Å². The van der Waals surface area contributed by atoms with Crippen molar-refractivity contribution in [3.05, 3.63) is 23.3 Å². The molecule has 0 radical (unpaired) electrons. The molecule has 7 heteroatoms. The fourth-order valence-electron chi connectivity index (χ4n) is 6.47. The molecular weight excluding hydrogens is 374 g/mol. The van der Waals surface area contributed by atoms with Gasteiger partial charge in [-0.3, -0.25) is 9.69 Å². The molecule has 4 aliphatic rings. The number of aryl methyl sites for hydroxylation is 1. The van der Waals surface area contributed by atoms with Crippen LogP contribution < -0.4 is 4.74 Å². The van der Waals surface area contributed by atoms with Gasteiger partial charge in [-0.25, -0.2) is 0 Å². The zero-order valence-corrected chi connectivity index (χ0v) is 16.9. The highest BCUT2D eigenvalue weighted by Gasteiger charge is 2.70. The van der Waals surface area contributed by atoms with E-state index in [2.05, 4.69) is 4.90 Å². The molecule has 3 aliphatic heterocycles. The molecule has 1 saturated carbocycles. The van der Waals surface area contributed by atoms with Crippen LogP contribution in [0.15, 0.2) is 12.1 Å². The van der Waals surface area contributed by atoms with Gasteiger partial charge in [0.1, 0.15) is 6.10 Å². The van der Waals surface area contributed by atoms with Crippen molar-refractivity contribution in [1.82, 2.24) is 4.90 Å². The topological polar surface area (TPSA) is 99.5 Å². The number of piperidine rings is 1. The van der Waals surface area contributed by atoms with E-state index >= 15 is 0 Å². The highest BCUT2D eigenvalue weighted by atomic mass is 16.5. The minimum absolute atomic E-state index is 0.0561. The van der Waals surface area contributed by atoms with E-state index in [0.29, 0.717) is 44.6 Å². The van der Waals surface area contributed by atoms with Gasteiger partial charge in [-0.05, 0) is 51.3 Å². The fraction of sp³-hybridized carbons (Fsp3) is 0.682. The number of rotatable bonds is 2. The van der Waals surface area contributed by atoms with Crippen molar-refractivity contribution in [2.75, 3.05) is 19.7 Å². The highest BCUT2D eigenvalue weighted by Crippen LogP contribution is 2.62. The number of carbonyl (C=O) groups excluding carboxylic acids is 1. The molecule has 2 saturated heterocycles. The molecule has 0 amide bonds. The minimum Gasteiger partial charge on any atom is -0.504 e. The number of nitrogens with zero attached hydrogens (tertiary/aromatic N) is 1. The van der Waals surface area contributed by atoms with Crippen LogP contribution in [0.2, 0.25) is 0 Å². The number of phenols is 1. The molecule has 158 valence electrons. The normalized spacial score (nSPS) is 41.3. The average molecular weight is 403 g/mol. The molecule has 5 rings (SSSR count). The SMILES string of the molecule is Cc1ccc(O)c2c1[C@]13CCN(CC4COC(=O)C4)[C@H](C)[C@]1(O)CC[C@H](O)[C@@H]3O2. The Morgan fingerprint density at radius 2 is 2.10 bits per heavy atom. The number of carbonyl (C=O) groups is 1. The van der Waals surface area contributed by atoms with E-state index in [1.54, 1.807) is 6.07 Å². The van der Waals surface area contributed by atoms with Crippen LogP contribution in [0.3, 0.4) is 0 Å². The van der Waals surface area contributed by atoms with Gasteiger partial charge < -0.3 is 24.8 Å². The van der Waals surface area contributed by atoms with Crippen LogP contribution in [0.5, 0.6) is 11.5 Å². The van der Waals surface area contributed by atoms with Gasteiger partial charge in [0.15, 0.2) is 11.5 Å². The Hall–Kier alpha value is -1.83. The van der Waals surface area contributed by atoms with Crippen molar-refractivity contribution < 1.29 is 29.6 Å². The van der Waals surface area contributed by atoms with E-state index in [0.717, 1.165) is 17.7 Å². The molecule has 1 aromatic carbocycles. The van der Waals surface area contributed by atoms with Crippen molar-refractivity contribution in [3.63, 3.8) is 0 Å². The first-order valence-corrected chi connectivity index (χ1v) is 10.6. The zero-order valence-electron chi connectivity index (χ0n) is 16.9. The first-order valence-electron chi connectivity index (χ1n) is 10.6. The van der Waals surface area contributed by atoms with Gasteiger partial charge >= 0.3 is 5.97 Å². The Kier molecular flexibility index (Phi) is 4.18. The Morgan fingerprint density at radius 1 is 1.31 bits per heavy atom. The predicted octanol–water partition coefficient (Wildman–Crippen LogP) is 1.24. The number of cyclic esters (lactones) is 1. The average Bonchev–Trinajstić information content (AvgIpc) is 3.26. The standard InChI is InChI=1S/C22H29NO6/c1-12-3-4-15(24)19-18(12)21-7-8-23(10-14-9-17(26)28-11-14)13(2)22(21,27)6-5-16(25)20(21)29-19/h3-4,13-14,16,20,24-25,27H,5-11H2,1-2H3/t13-,14?,16+,20+,21+,22-/m1/s1. The van der Waals surface area contributed by atoms with E-state index in [-0.39, 0.29) is 23.7 Å². The molecule has 1 aromatic rings. The molecule has 6 atom stereocenters. The smallest absolute Gasteiger partial charge is 0.306 e. The summed E-state index contributed by atoms with van der Waals surface area (Å²) < 4.78 is 11.3. The number of aliphatic hydroxyl groups is 2. The highest BCUT2D eigenvalue weighted by molar-refractivity contribution is 5.71. The van der Waals surface area contributed by atoms with Crippen LogP contribution >= 0.6 is 0 Å². The third-order valence-corrected chi connectivity index (χ3v) is 7.93. The molecular formula is C22H29NO6. The van der Waals surface area contributed by atoms with Gasteiger partial charge in [-0.15, -0.1) is 0 Å². The number of hydrogen-bond acceptors (Lipinski definition) is 7. The van der Waals surface area contributed by atoms with Gasteiger partial charge in [0.25, 0.3) is 0 Å². The molecule has 1 aliphatic carbocycles. The van der Waals surface area contributed by atoms with Crippen LogP contribution in [0.25, 0.3) is 0 Å². The summed E-state index contributed by atoms with van der Waals surface area (Å²) >= 11 is 0. The number of aromatic hydroxyl groups is 1. The van der Waals surface area contributed by atoms with E-state index in [1.165, 1.54) is 0 Å². The summed E-state index contributed by atoms with van der Waals surface area (Å²) in [5, 5.41) is 33.4. The van der Waals surface area contributed by atoms with Crippen molar-refractivity contribution in [1.29, 1.82) is 0 Å². The van der Waals surface area contributed by atoms with E-state index in [1.807, 2.05) is 19.9 Å². The maximum absolute atomic E-state index is 12.2. The Labute approximate surface area is 170 Å². The van der Waals surface area contributed by atoms with Gasteiger partial charge in [-0.2, -0.15) is 0 Å². The van der Waals surface area contributed by atoms with Gasteiger partial charge in [0, 0.05) is 24.1 Å². The Morgan fingerprint density at radius 3 is 2.83 bits per heavy atom. The minimum atomic E-state index is -1.11. The van der Waals surface area contributed by atoms with Crippen molar-refractivity contribution in [2.24, 2.45) is 5.92 Å². The van der Waals surface area contributed by atoms with Gasteiger partial charge in [0.2, 0.25) is 0 Å². The molecule has 0 bridgehead atoms. The van der Waals surface area contributed by atoms with Crippen LogP contribution in [-0.2, 0) is 14.9 Å². The maximum Gasteiger partial charge on any atom is 0.306 e. The molecule has 3 heterocycles. The van der Waals surface area contributed by atoms with Gasteiger partial charge in [-0.1, -0.05) is 6.07 Å². The summed E-state index contributed by atoms with van der Waals surface area (Å²) in [6, 6.07) is 3.29.